The number of benzene rings is 1. The number of para-hydroxylation sites is 1. The number of ether oxygens (including phenoxy) is 2. The Balaban J connectivity index is 1.86. The molecule has 1 saturated carbocycles. The van der Waals surface area contributed by atoms with Crippen LogP contribution in [0.15, 0.2) is 24.3 Å². The highest BCUT2D eigenvalue weighted by molar-refractivity contribution is 5.94. The molecule has 5 heteroatoms. The summed E-state index contributed by atoms with van der Waals surface area (Å²) in [6.45, 7) is 6.42. The second-order valence-electron chi connectivity index (χ2n) is 6.45. The van der Waals surface area contributed by atoms with Crippen LogP contribution in [0.2, 0.25) is 0 Å². The summed E-state index contributed by atoms with van der Waals surface area (Å²) < 4.78 is 10.6. The lowest BCUT2D eigenvalue weighted by Gasteiger charge is -2.34. The minimum atomic E-state index is -0.542. The summed E-state index contributed by atoms with van der Waals surface area (Å²) in [5.74, 6) is 0.726. The molecule has 0 bridgehead atoms. The molecule has 0 aliphatic heterocycles. The molecule has 1 amide bonds. The number of nitrogens with one attached hydrogen (secondary N) is 1. The fourth-order valence-corrected chi connectivity index (χ4v) is 3.16. The molecule has 0 saturated heterocycles. The molecule has 132 valence electrons. The second-order valence-corrected chi connectivity index (χ2v) is 6.45. The van der Waals surface area contributed by atoms with Crippen LogP contribution in [-0.2, 0) is 9.53 Å². The fraction of sp³-hybridized carbons (Fsp3) is 0.579. The number of hydrogen-bond donors (Lipinski definition) is 1. The molecule has 1 aliphatic carbocycles. The second kappa shape index (κ2) is 8.71. The van der Waals surface area contributed by atoms with Gasteiger partial charge < -0.3 is 14.8 Å². The summed E-state index contributed by atoms with van der Waals surface area (Å²) in [6, 6.07) is 7.04. The molecule has 1 aromatic rings. The summed E-state index contributed by atoms with van der Waals surface area (Å²) in [5, 5.41) is 3.00. The van der Waals surface area contributed by atoms with E-state index in [-0.39, 0.29) is 18.6 Å². The lowest BCUT2D eigenvalue weighted by Crippen LogP contribution is -2.45. The van der Waals surface area contributed by atoms with Crippen LogP contribution in [-0.4, -0.2) is 31.1 Å². The van der Waals surface area contributed by atoms with E-state index in [1.165, 1.54) is 6.42 Å². The maximum Gasteiger partial charge on any atom is 0.342 e. The Morgan fingerprint density at radius 1 is 1.21 bits per heavy atom. The largest absolute Gasteiger partial charge is 0.493 e. The predicted molar refractivity (Wildman–Crippen MR) is 92.0 cm³/mol. The van der Waals surface area contributed by atoms with Gasteiger partial charge in [0.15, 0.2) is 6.61 Å². The standard InChI is InChI=1S/C19H27NO4/c1-4-23-17-11-6-5-9-15(17)19(22)24-12-18(21)20-16-10-7-8-13(2)14(16)3/h5-6,9,11,13-14,16H,4,7-8,10,12H2,1-3H3,(H,20,21)/t13-,14+,16-/m1/s1. The van der Waals surface area contributed by atoms with Crippen molar-refractivity contribution in [3.05, 3.63) is 29.8 Å². The Labute approximate surface area is 143 Å². The van der Waals surface area contributed by atoms with Gasteiger partial charge >= 0.3 is 5.97 Å². The molecule has 0 spiro atoms. The molecule has 1 N–H and O–H groups in total. The number of rotatable bonds is 6. The lowest BCUT2D eigenvalue weighted by molar-refractivity contribution is -0.125. The van der Waals surface area contributed by atoms with Crippen molar-refractivity contribution in [2.45, 2.75) is 46.1 Å². The molecule has 1 fully saturated rings. The molecule has 1 aromatic carbocycles. The molecule has 1 aliphatic rings. The van der Waals surface area contributed by atoms with Crippen molar-refractivity contribution in [2.24, 2.45) is 11.8 Å². The van der Waals surface area contributed by atoms with Gasteiger partial charge in [-0.3, -0.25) is 4.79 Å². The Bertz CT molecular complexity index is 572. The number of carbonyl (C=O) groups is 2. The van der Waals surface area contributed by atoms with Crippen molar-refractivity contribution < 1.29 is 19.1 Å². The molecule has 3 atom stereocenters. The van der Waals surface area contributed by atoms with Crippen LogP contribution in [0.4, 0.5) is 0 Å². The topological polar surface area (TPSA) is 64.6 Å². The average molecular weight is 333 g/mol. The van der Waals surface area contributed by atoms with Crippen LogP contribution in [0.3, 0.4) is 0 Å². The van der Waals surface area contributed by atoms with Gasteiger partial charge in [-0.15, -0.1) is 0 Å². The summed E-state index contributed by atoms with van der Waals surface area (Å²) in [6.07, 6.45) is 3.31. The van der Waals surface area contributed by atoms with Gasteiger partial charge in [0.1, 0.15) is 11.3 Å². The summed E-state index contributed by atoms with van der Waals surface area (Å²) in [7, 11) is 0. The smallest absolute Gasteiger partial charge is 0.342 e. The number of esters is 1. The monoisotopic (exact) mass is 333 g/mol. The van der Waals surface area contributed by atoms with Crippen molar-refractivity contribution >= 4 is 11.9 Å². The minimum absolute atomic E-state index is 0.163. The third-order valence-electron chi connectivity index (χ3n) is 4.79. The Morgan fingerprint density at radius 3 is 2.71 bits per heavy atom. The van der Waals surface area contributed by atoms with E-state index in [0.29, 0.717) is 29.8 Å². The van der Waals surface area contributed by atoms with Gasteiger partial charge in [0, 0.05) is 6.04 Å². The Hall–Kier alpha value is -2.04. The summed E-state index contributed by atoms with van der Waals surface area (Å²) in [5.41, 5.74) is 0.340. The van der Waals surface area contributed by atoms with Crippen LogP contribution >= 0.6 is 0 Å². The van der Waals surface area contributed by atoms with Crippen LogP contribution in [0.25, 0.3) is 0 Å². The number of hydrogen-bond acceptors (Lipinski definition) is 4. The van der Waals surface area contributed by atoms with E-state index in [1.807, 2.05) is 6.92 Å². The van der Waals surface area contributed by atoms with Crippen molar-refractivity contribution in [1.29, 1.82) is 0 Å². The van der Waals surface area contributed by atoms with E-state index in [2.05, 4.69) is 19.2 Å². The van der Waals surface area contributed by atoms with Gasteiger partial charge in [-0.25, -0.2) is 4.79 Å². The average Bonchev–Trinajstić information content (AvgIpc) is 2.58. The number of carbonyl (C=O) groups excluding carboxylic acids is 2. The van der Waals surface area contributed by atoms with Crippen molar-refractivity contribution in [2.75, 3.05) is 13.2 Å². The summed E-state index contributed by atoms with van der Waals surface area (Å²) in [4.78, 5) is 24.3. The van der Waals surface area contributed by atoms with Gasteiger partial charge in [-0.05, 0) is 37.3 Å². The first-order chi connectivity index (χ1) is 11.5. The minimum Gasteiger partial charge on any atom is -0.493 e. The Morgan fingerprint density at radius 2 is 1.96 bits per heavy atom. The summed E-state index contributed by atoms with van der Waals surface area (Å²) >= 11 is 0. The third-order valence-corrected chi connectivity index (χ3v) is 4.79. The Kier molecular flexibility index (Phi) is 6.64. The first-order valence-electron chi connectivity index (χ1n) is 8.71. The van der Waals surface area contributed by atoms with E-state index in [9.17, 15) is 9.59 Å². The molecule has 5 nitrogen and oxygen atoms in total. The first-order valence-corrected chi connectivity index (χ1v) is 8.71. The highest BCUT2D eigenvalue weighted by Gasteiger charge is 2.28. The lowest BCUT2D eigenvalue weighted by atomic mass is 9.78. The molecule has 0 aromatic heterocycles. The van der Waals surface area contributed by atoms with Gasteiger partial charge in [0.2, 0.25) is 0 Å². The molecule has 2 rings (SSSR count). The third kappa shape index (κ3) is 4.73. The van der Waals surface area contributed by atoms with E-state index in [0.717, 1.165) is 12.8 Å². The van der Waals surface area contributed by atoms with Crippen molar-refractivity contribution in [3.63, 3.8) is 0 Å². The van der Waals surface area contributed by atoms with Gasteiger partial charge in [-0.2, -0.15) is 0 Å². The quantitative estimate of drug-likeness (QED) is 0.812. The molecule has 0 radical (unpaired) electrons. The molecule has 24 heavy (non-hydrogen) atoms. The fourth-order valence-electron chi connectivity index (χ4n) is 3.16. The zero-order valence-corrected chi connectivity index (χ0v) is 14.7. The van der Waals surface area contributed by atoms with Gasteiger partial charge in [-0.1, -0.05) is 38.8 Å². The zero-order valence-electron chi connectivity index (χ0n) is 14.7. The maximum absolute atomic E-state index is 12.2. The van der Waals surface area contributed by atoms with Crippen molar-refractivity contribution in [3.8, 4) is 5.75 Å². The molecule has 0 heterocycles. The SMILES string of the molecule is CCOc1ccccc1C(=O)OCC(=O)N[C@@H]1CCC[C@@H](C)[C@@H]1C. The molecular formula is C19H27NO4. The molecular weight excluding hydrogens is 306 g/mol. The van der Waals surface area contributed by atoms with Crippen molar-refractivity contribution in [1.82, 2.24) is 5.32 Å². The maximum atomic E-state index is 12.2. The van der Waals surface area contributed by atoms with E-state index in [4.69, 9.17) is 9.47 Å². The van der Waals surface area contributed by atoms with Crippen LogP contribution < -0.4 is 10.1 Å². The zero-order chi connectivity index (χ0) is 17.5. The van der Waals surface area contributed by atoms with Crippen LogP contribution in [0, 0.1) is 11.8 Å². The first kappa shape index (κ1) is 18.3. The number of amides is 1. The van der Waals surface area contributed by atoms with Crippen LogP contribution in [0.5, 0.6) is 5.75 Å². The highest BCUT2D eigenvalue weighted by Crippen LogP contribution is 2.29. The van der Waals surface area contributed by atoms with E-state index >= 15 is 0 Å². The molecule has 0 unspecified atom stereocenters. The highest BCUT2D eigenvalue weighted by atomic mass is 16.5. The van der Waals surface area contributed by atoms with Gasteiger partial charge in [0.05, 0.1) is 6.61 Å². The van der Waals surface area contributed by atoms with Gasteiger partial charge in [0.25, 0.3) is 5.91 Å². The van der Waals surface area contributed by atoms with E-state index < -0.39 is 5.97 Å². The van der Waals surface area contributed by atoms with E-state index in [1.54, 1.807) is 24.3 Å². The predicted octanol–water partition coefficient (Wildman–Crippen LogP) is 3.18. The van der Waals surface area contributed by atoms with Crippen LogP contribution in [0.1, 0.15) is 50.4 Å². The normalized spacial score (nSPS) is 23.4.